The number of methoxy groups -OCH3 is 2. The summed E-state index contributed by atoms with van der Waals surface area (Å²) in [6.45, 7) is 1.81. The molecule has 5 nitrogen and oxygen atoms in total. The van der Waals surface area contributed by atoms with E-state index in [1.807, 2.05) is 18.2 Å². The normalized spacial score (nSPS) is 24.0. The third-order valence-corrected chi connectivity index (χ3v) is 5.92. The Morgan fingerprint density at radius 3 is 2.56 bits per heavy atom. The lowest BCUT2D eigenvalue weighted by Crippen LogP contribution is -2.53. The van der Waals surface area contributed by atoms with Crippen molar-refractivity contribution in [1.29, 1.82) is 0 Å². The van der Waals surface area contributed by atoms with E-state index in [2.05, 4.69) is 7.05 Å². The maximum absolute atomic E-state index is 10.3. The number of benzene rings is 2. The Morgan fingerprint density at radius 1 is 1.04 bits per heavy atom. The molecule has 0 saturated carbocycles. The average Bonchev–Trinajstić information content (AvgIpc) is 2.59. The second-order valence-electron chi connectivity index (χ2n) is 7.31. The predicted octanol–water partition coefficient (Wildman–Crippen LogP) is 2.92. The third-order valence-electron chi connectivity index (χ3n) is 5.92. The summed E-state index contributed by atoms with van der Waals surface area (Å²) >= 11 is 0. The molecule has 0 spiro atoms. The van der Waals surface area contributed by atoms with Gasteiger partial charge in [-0.25, -0.2) is 0 Å². The lowest BCUT2D eigenvalue weighted by atomic mass is 9.81. The van der Waals surface area contributed by atoms with Crippen molar-refractivity contribution in [3.8, 4) is 23.0 Å². The molecule has 0 saturated heterocycles. The van der Waals surface area contributed by atoms with E-state index in [1.54, 1.807) is 20.3 Å². The van der Waals surface area contributed by atoms with Crippen LogP contribution in [0, 0.1) is 0 Å². The van der Waals surface area contributed by atoms with Gasteiger partial charge in [0.2, 0.25) is 0 Å². The highest BCUT2D eigenvalue weighted by Crippen LogP contribution is 2.48. The lowest BCUT2D eigenvalue weighted by molar-refractivity contribution is -0.956. The number of phenolic OH excluding ortho intramolecular Hbond substituents is 2. The van der Waals surface area contributed by atoms with Crippen LogP contribution in [0.5, 0.6) is 23.0 Å². The van der Waals surface area contributed by atoms with Crippen LogP contribution in [0.25, 0.3) is 0 Å². The molecule has 0 fully saturated rings. The number of hydrogen-bond acceptors (Lipinski definition) is 4. The zero-order valence-electron chi connectivity index (χ0n) is 14.9. The van der Waals surface area contributed by atoms with Gasteiger partial charge >= 0.3 is 0 Å². The van der Waals surface area contributed by atoms with E-state index < -0.39 is 0 Å². The fourth-order valence-corrected chi connectivity index (χ4v) is 4.52. The number of nitrogens with zero attached hydrogens (tertiary/aromatic N) is 1. The summed E-state index contributed by atoms with van der Waals surface area (Å²) in [7, 11) is 5.44. The van der Waals surface area contributed by atoms with Crippen LogP contribution in [-0.4, -0.2) is 42.5 Å². The Balaban J connectivity index is 1.83. The molecule has 5 heteroatoms. The Hall–Kier alpha value is -2.40. The van der Waals surface area contributed by atoms with Crippen molar-refractivity contribution in [1.82, 2.24) is 0 Å². The van der Waals surface area contributed by atoms with Crippen LogP contribution in [0.3, 0.4) is 0 Å². The Kier molecular flexibility index (Phi) is 3.58. The minimum absolute atomic E-state index is 0.198. The monoisotopic (exact) mass is 342 g/mol. The van der Waals surface area contributed by atoms with E-state index in [-0.39, 0.29) is 17.5 Å². The molecule has 0 aromatic heterocycles. The van der Waals surface area contributed by atoms with Crippen LogP contribution >= 0.6 is 0 Å². The number of aromatic hydroxyl groups is 2. The summed E-state index contributed by atoms with van der Waals surface area (Å²) in [4.78, 5) is 0. The fraction of sp³-hybridized carbons (Fsp3) is 0.400. The zero-order chi connectivity index (χ0) is 17.8. The van der Waals surface area contributed by atoms with Gasteiger partial charge < -0.3 is 24.2 Å². The van der Waals surface area contributed by atoms with Crippen molar-refractivity contribution in [3.05, 3.63) is 46.5 Å². The van der Waals surface area contributed by atoms with Gasteiger partial charge in [0.15, 0.2) is 23.0 Å². The van der Waals surface area contributed by atoms with Gasteiger partial charge in [0.1, 0.15) is 12.6 Å². The molecular formula is C20H24NO4+. The van der Waals surface area contributed by atoms with Crippen molar-refractivity contribution >= 4 is 0 Å². The molecule has 2 aliphatic heterocycles. The van der Waals surface area contributed by atoms with Gasteiger partial charge in [0.05, 0.1) is 33.4 Å². The van der Waals surface area contributed by atoms with Gasteiger partial charge in [0, 0.05) is 18.4 Å². The first kappa shape index (κ1) is 16.1. The van der Waals surface area contributed by atoms with Gasteiger partial charge in [-0.2, -0.15) is 0 Å². The SMILES string of the molecule is COc1cc2c(cc1O)[C@@H]1Cc3ccc(O)c(OC)c3C[N+]1(C)CC2. The maximum Gasteiger partial charge on any atom is 0.169 e. The van der Waals surface area contributed by atoms with E-state index in [9.17, 15) is 10.2 Å². The van der Waals surface area contributed by atoms with Crippen LogP contribution in [0.4, 0.5) is 0 Å². The minimum atomic E-state index is 0.198. The van der Waals surface area contributed by atoms with E-state index in [0.29, 0.717) is 11.5 Å². The third kappa shape index (κ3) is 2.34. The molecule has 2 N–H and O–H groups in total. The lowest BCUT2D eigenvalue weighted by Gasteiger charge is -2.49. The Labute approximate surface area is 147 Å². The topological polar surface area (TPSA) is 58.9 Å². The number of likely N-dealkylation sites (N-methyl/N-ethyl adjacent to an activating group) is 1. The van der Waals surface area contributed by atoms with Crippen LogP contribution in [-0.2, 0) is 19.4 Å². The summed E-state index contributed by atoms with van der Waals surface area (Å²) in [5.41, 5.74) is 4.76. The van der Waals surface area contributed by atoms with Gasteiger partial charge in [-0.3, -0.25) is 0 Å². The van der Waals surface area contributed by atoms with E-state index in [1.165, 1.54) is 16.7 Å². The standard InChI is InChI=1S/C20H23NO4/c1-21-7-6-13-9-19(24-2)18(23)10-14(13)16(21)8-12-4-5-17(22)20(25-3)15(12)11-21/h4-5,9-10,16H,6-8,11H2,1-3H3,(H-,22,23)/p+1/t16-,21?/m0/s1. The molecular weight excluding hydrogens is 318 g/mol. The molecule has 2 aliphatic rings. The molecule has 0 bridgehead atoms. The predicted molar refractivity (Wildman–Crippen MR) is 94.2 cm³/mol. The molecule has 4 rings (SSSR count). The average molecular weight is 342 g/mol. The van der Waals surface area contributed by atoms with Crippen molar-refractivity contribution in [2.75, 3.05) is 27.8 Å². The maximum atomic E-state index is 10.3. The van der Waals surface area contributed by atoms with Crippen LogP contribution in [0.1, 0.15) is 28.3 Å². The van der Waals surface area contributed by atoms with Crippen molar-refractivity contribution in [2.24, 2.45) is 0 Å². The second-order valence-corrected chi connectivity index (χ2v) is 7.31. The smallest absolute Gasteiger partial charge is 0.169 e. The molecule has 2 atom stereocenters. The van der Waals surface area contributed by atoms with Crippen LogP contribution in [0.15, 0.2) is 24.3 Å². The van der Waals surface area contributed by atoms with Crippen molar-refractivity contribution in [2.45, 2.75) is 25.4 Å². The highest BCUT2D eigenvalue weighted by Gasteiger charge is 2.44. The number of ether oxygens (including phenoxy) is 2. The highest BCUT2D eigenvalue weighted by atomic mass is 16.5. The fourth-order valence-electron chi connectivity index (χ4n) is 4.52. The molecule has 2 aromatic rings. The van der Waals surface area contributed by atoms with Crippen molar-refractivity contribution in [3.63, 3.8) is 0 Å². The minimum Gasteiger partial charge on any atom is -0.504 e. The van der Waals surface area contributed by atoms with E-state index >= 15 is 0 Å². The zero-order valence-corrected chi connectivity index (χ0v) is 14.9. The number of phenols is 2. The van der Waals surface area contributed by atoms with Gasteiger partial charge in [-0.05, 0) is 29.3 Å². The largest absolute Gasteiger partial charge is 0.504 e. The summed E-state index contributed by atoms with van der Waals surface area (Å²) in [5.74, 6) is 1.53. The van der Waals surface area contributed by atoms with E-state index in [0.717, 1.165) is 36.0 Å². The Morgan fingerprint density at radius 2 is 1.84 bits per heavy atom. The number of rotatable bonds is 2. The second kappa shape index (κ2) is 5.56. The number of fused-ring (bicyclic) bond motifs is 4. The summed E-state index contributed by atoms with van der Waals surface area (Å²) < 4.78 is 11.6. The summed E-state index contributed by atoms with van der Waals surface area (Å²) in [6.07, 6.45) is 1.80. The molecule has 2 heterocycles. The highest BCUT2D eigenvalue weighted by molar-refractivity contribution is 5.53. The molecule has 0 aliphatic carbocycles. The number of quaternary nitrogens is 1. The molecule has 1 unspecified atom stereocenters. The van der Waals surface area contributed by atoms with Crippen LogP contribution < -0.4 is 9.47 Å². The molecule has 25 heavy (non-hydrogen) atoms. The summed E-state index contributed by atoms with van der Waals surface area (Å²) in [5, 5.41) is 20.4. The molecule has 132 valence electrons. The van der Waals surface area contributed by atoms with Gasteiger partial charge in [-0.15, -0.1) is 0 Å². The van der Waals surface area contributed by atoms with Gasteiger partial charge in [0.25, 0.3) is 0 Å². The summed E-state index contributed by atoms with van der Waals surface area (Å²) in [6, 6.07) is 7.83. The molecule has 0 radical (unpaired) electrons. The first-order valence-electron chi connectivity index (χ1n) is 8.58. The molecule has 2 aromatic carbocycles. The van der Waals surface area contributed by atoms with Crippen LogP contribution in [0.2, 0.25) is 0 Å². The number of hydrogen-bond donors (Lipinski definition) is 2. The first-order chi connectivity index (χ1) is 12.0. The van der Waals surface area contributed by atoms with E-state index in [4.69, 9.17) is 9.47 Å². The van der Waals surface area contributed by atoms with Crippen molar-refractivity contribution < 1.29 is 24.2 Å². The van der Waals surface area contributed by atoms with Gasteiger partial charge in [-0.1, -0.05) is 6.07 Å². The Bertz CT molecular complexity index is 848. The molecule has 0 amide bonds. The quantitative estimate of drug-likeness (QED) is 0.824. The first-order valence-corrected chi connectivity index (χ1v) is 8.58.